The lowest BCUT2D eigenvalue weighted by molar-refractivity contribution is 0.602. The molecule has 1 atom stereocenters. The minimum atomic E-state index is -3.16. The van der Waals surface area contributed by atoms with Crippen LogP contribution in [0, 0.1) is 0 Å². The van der Waals surface area contributed by atoms with Crippen molar-refractivity contribution in [1.82, 2.24) is 0 Å². The van der Waals surface area contributed by atoms with E-state index in [4.69, 9.17) is 5.73 Å². The molecule has 0 aliphatic heterocycles. The average Bonchev–Trinajstić information content (AvgIpc) is 2.46. The maximum Gasteiger partial charge on any atom is 0.175 e. The minimum absolute atomic E-state index is 0.241. The summed E-state index contributed by atoms with van der Waals surface area (Å²) in [6.07, 6.45) is 2.17. The van der Waals surface area contributed by atoms with Crippen LogP contribution in [-0.2, 0) is 16.3 Å². The first-order valence-corrected chi connectivity index (χ1v) is 8.45. The third-order valence-corrected chi connectivity index (χ3v) is 4.51. The van der Waals surface area contributed by atoms with Gasteiger partial charge in [0.05, 0.1) is 10.9 Å². The Morgan fingerprint density at radius 1 is 1.05 bits per heavy atom. The third kappa shape index (κ3) is 3.26. The van der Waals surface area contributed by atoms with Crippen molar-refractivity contribution in [1.29, 1.82) is 0 Å². The molecule has 0 bridgehead atoms. The Kier molecular flexibility index (Phi) is 4.26. The second kappa shape index (κ2) is 5.77. The first-order chi connectivity index (χ1) is 9.41. The second-order valence-electron chi connectivity index (χ2n) is 4.92. The van der Waals surface area contributed by atoms with Crippen LogP contribution in [0.15, 0.2) is 53.4 Å². The molecule has 0 aliphatic carbocycles. The summed E-state index contributed by atoms with van der Waals surface area (Å²) in [4.78, 5) is 0.316. The zero-order chi connectivity index (χ0) is 14.8. The number of hydrogen-bond donors (Lipinski definition) is 1. The van der Waals surface area contributed by atoms with E-state index in [9.17, 15) is 8.42 Å². The summed E-state index contributed by atoms with van der Waals surface area (Å²) < 4.78 is 22.9. The van der Waals surface area contributed by atoms with Crippen LogP contribution in [0.3, 0.4) is 0 Å². The van der Waals surface area contributed by atoms with Crippen LogP contribution in [0.1, 0.15) is 29.7 Å². The van der Waals surface area contributed by atoms with Gasteiger partial charge in [-0.15, -0.1) is 0 Å². The zero-order valence-electron chi connectivity index (χ0n) is 11.7. The standard InChI is InChI=1S/C16H19NO2S/c1-3-12-5-4-6-14(11-12)16(17)13-7-9-15(10-8-13)20(2,18)19/h4-11,16H,3,17H2,1-2H3. The van der Waals surface area contributed by atoms with E-state index in [1.54, 1.807) is 24.3 Å². The van der Waals surface area contributed by atoms with Gasteiger partial charge < -0.3 is 5.73 Å². The zero-order valence-corrected chi connectivity index (χ0v) is 12.5. The summed E-state index contributed by atoms with van der Waals surface area (Å²) >= 11 is 0. The quantitative estimate of drug-likeness (QED) is 0.941. The van der Waals surface area contributed by atoms with Crippen molar-refractivity contribution >= 4 is 9.84 Å². The number of sulfone groups is 1. The van der Waals surface area contributed by atoms with Crippen molar-refractivity contribution in [3.05, 3.63) is 65.2 Å². The summed E-state index contributed by atoms with van der Waals surface area (Å²) in [6.45, 7) is 2.10. The number of aryl methyl sites for hydroxylation is 1. The molecule has 0 spiro atoms. The Morgan fingerprint density at radius 3 is 2.25 bits per heavy atom. The Labute approximate surface area is 120 Å². The van der Waals surface area contributed by atoms with E-state index >= 15 is 0 Å². The highest BCUT2D eigenvalue weighted by Gasteiger charge is 2.11. The molecule has 2 N–H and O–H groups in total. The first-order valence-electron chi connectivity index (χ1n) is 6.56. The molecular weight excluding hydrogens is 270 g/mol. The van der Waals surface area contributed by atoms with Gasteiger partial charge in [0.15, 0.2) is 9.84 Å². The largest absolute Gasteiger partial charge is 0.320 e. The number of hydrogen-bond acceptors (Lipinski definition) is 3. The van der Waals surface area contributed by atoms with Gasteiger partial charge in [-0.05, 0) is 35.2 Å². The fourth-order valence-corrected chi connectivity index (χ4v) is 2.75. The predicted molar refractivity (Wildman–Crippen MR) is 81.4 cm³/mol. The van der Waals surface area contributed by atoms with Crippen LogP contribution >= 0.6 is 0 Å². The predicted octanol–water partition coefficient (Wildman–Crippen LogP) is 2.70. The van der Waals surface area contributed by atoms with E-state index < -0.39 is 9.84 Å². The van der Waals surface area contributed by atoms with Crippen molar-refractivity contribution in [2.45, 2.75) is 24.3 Å². The van der Waals surface area contributed by atoms with Crippen molar-refractivity contribution in [3.8, 4) is 0 Å². The van der Waals surface area contributed by atoms with Gasteiger partial charge >= 0.3 is 0 Å². The van der Waals surface area contributed by atoms with E-state index in [-0.39, 0.29) is 6.04 Å². The van der Waals surface area contributed by atoms with Crippen molar-refractivity contribution in [2.24, 2.45) is 5.73 Å². The van der Waals surface area contributed by atoms with Crippen LogP contribution in [0.5, 0.6) is 0 Å². The fraction of sp³-hybridized carbons (Fsp3) is 0.250. The van der Waals surface area contributed by atoms with Crippen molar-refractivity contribution < 1.29 is 8.42 Å². The summed E-state index contributed by atoms with van der Waals surface area (Å²) in [5.74, 6) is 0. The van der Waals surface area contributed by atoms with E-state index in [0.29, 0.717) is 4.90 Å². The van der Waals surface area contributed by atoms with Gasteiger partial charge in [-0.2, -0.15) is 0 Å². The van der Waals surface area contributed by atoms with E-state index in [0.717, 1.165) is 17.5 Å². The molecule has 0 aliphatic rings. The number of rotatable bonds is 4. The Bertz CT molecular complexity index is 691. The molecule has 4 heteroatoms. The van der Waals surface area contributed by atoms with Crippen molar-refractivity contribution in [2.75, 3.05) is 6.26 Å². The van der Waals surface area contributed by atoms with Gasteiger partial charge in [0.25, 0.3) is 0 Å². The van der Waals surface area contributed by atoms with Crippen LogP contribution in [-0.4, -0.2) is 14.7 Å². The van der Waals surface area contributed by atoms with E-state index in [1.807, 2.05) is 12.1 Å². The normalized spacial score (nSPS) is 13.2. The van der Waals surface area contributed by atoms with E-state index in [2.05, 4.69) is 19.1 Å². The van der Waals surface area contributed by atoms with Gasteiger partial charge in [-0.3, -0.25) is 0 Å². The molecule has 2 aromatic rings. The topological polar surface area (TPSA) is 60.2 Å². The summed E-state index contributed by atoms with van der Waals surface area (Å²) in [6, 6.07) is 14.7. The highest BCUT2D eigenvalue weighted by atomic mass is 32.2. The molecule has 0 heterocycles. The highest BCUT2D eigenvalue weighted by Crippen LogP contribution is 2.22. The van der Waals surface area contributed by atoms with Gasteiger partial charge in [0.2, 0.25) is 0 Å². The van der Waals surface area contributed by atoms with Gasteiger partial charge in [0, 0.05) is 6.26 Å². The third-order valence-electron chi connectivity index (χ3n) is 3.39. The average molecular weight is 289 g/mol. The summed E-state index contributed by atoms with van der Waals surface area (Å²) in [5, 5.41) is 0. The molecule has 0 aromatic heterocycles. The SMILES string of the molecule is CCc1cccc(C(N)c2ccc(S(C)(=O)=O)cc2)c1. The second-order valence-corrected chi connectivity index (χ2v) is 6.93. The van der Waals surface area contributed by atoms with E-state index in [1.165, 1.54) is 11.8 Å². The molecule has 0 amide bonds. The summed E-state index contributed by atoms with van der Waals surface area (Å²) in [7, 11) is -3.16. The molecule has 3 nitrogen and oxygen atoms in total. The molecule has 1 unspecified atom stereocenters. The van der Waals surface area contributed by atoms with Crippen molar-refractivity contribution in [3.63, 3.8) is 0 Å². The Balaban J connectivity index is 2.31. The maximum absolute atomic E-state index is 11.4. The van der Waals surface area contributed by atoms with Gasteiger partial charge in [0.1, 0.15) is 0 Å². The summed E-state index contributed by atoms with van der Waals surface area (Å²) in [5.41, 5.74) is 9.44. The molecule has 0 fully saturated rings. The molecule has 0 saturated heterocycles. The smallest absolute Gasteiger partial charge is 0.175 e. The van der Waals surface area contributed by atoms with Crippen LogP contribution in [0.2, 0.25) is 0 Å². The minimum Gasteiger partial charge on any atom is -0.320 e. The fourth-order valence-electron chi connectivity index (χ4n) is 2.12. The molecule has 0 saturated carbocycles. The maximum atomic E-state index is 11.4. The molecule has 20 heavy (non-hydrogen) atoms. The lowest BCUT2D eigenvalue weighted by Crippen LogP contribution is -2.12. The molecule has 2 aromatic carbocycles. The molecular formula is C16H19NO2S. The van der Waals surface area contributed by atoms with Gasteiger partial charge in [-0.25, -0.2) is 8.42 Å². The lowest BCUT2D eigenvalue weighted by atomic mass is 9.97. The number of nitrogens with two attached hydrogens (primary N) is 1. The highest BCUT2D eigenvalue weighted by molar-refractivity contribution is 7.90. The van der Waals surface area contributed by atoms with Crippen LogP contribution in [0.25, 0.3) is 0 Å². The monoisotopic (exact) mass is 289 g/mol. The van der Waals surface area contributed by atoms with Gasteiger partial charge in [-0.1, -0.05) is 43.3 Å². The molecule has 2 rings (SSSR count). The van der Waals surface area contributed by atoms with Crippen LogP contribution in [0.4, 0.5) is 0 Å². The van der Waals surface area contributed by atoms with Crippen LogP contribution < -0.4 is 5.73 Å². The lowest BCUT2D eigenvalue weighted by Gasteiger charge is -2.14. The first kappa shape index (κ1) is 14.8. The number of benzene rings is 2. The molecule has 106 valence electrons. The Hall–Kier alpha value is -1.65. The Morgan fingerprint density at radius 2 is 1.70 bits per heavy atom. The molecule has 0 radical (unpaired) electrons.